The van der Waals surface area contributed by atoms with Crippen molar-refractivity contribution in [2.24, 2.45) is 0 Å². The number of methoxy groups -OCH3 is 2. The summed E-state index contributed by atoms with van der Waals surface area (Å²) in [5, 5.41) is 3.34. The molecule has 0 saturated carbocycles. The summed E-state index contributed by atoms with van der Waals surface area (Å²) in [4.78, 5) is 0. The second kappa shape index (κ2) is 6.61. The van der Waals surface area contributed by atoms with Gasteiger partial charge in [0, 0.05) is 6.54 Å². The maximum absolute atomic E-state index is 5.88. The van der Waals surface area contributed by atoms with E-state index in [1.54, 1.807) is 14.2 Å². The molecule has 1 aliphatic heterocycles. The lowest BCUT2D eigenvalue weighted by atomic mass is 10.1. The Morgan fingerprint density at radius 3 is 2.72 bits per heavy atom. The molecule has 1 N–H and O–H groups in total. The molecule has 1 heterocycles. The van der Waals surface area contributed by atoms with Crippen LogP contribution >= 0.6 is 0 Å². The number of piperidine rings is 1. The van der Waals surface area contributed by atoms with Crippen molar-refractivity contribution in [3.05, 3.63) is 23.8 Å². The first kappa shape index (κ1) is 13.2. The molecule has 0 amide bonds. The van der Waals surface area contributed by atoms with Gasteiger partial charge in [0.15, 0.2) is 11.5 Å². The van der Waals surface area contributed by atoms with Crippen molar-refractivity contribution in [3.8, 4) is 11.5 Å². The van der Waals surface area contributed by atoms with Crippen molar-refractivity contribution in [2.75, 3.05) is 27.3 Å². The van der Waals surface area contributed by atoms with Crippen LogP contribution in [0, 0.1) is 0 Å². The first-order chi connectivity index (χ1) is 8.83. The smallest absolute Gasteiger partial charge is 0.161 e. The quantitative estimate of drug-likeness (QED) is 0.868. The van der Waals surface area contributed by atoms with E-state index in [2.05, 4.69) is 5.32 Å². The Labute approximate surface area is 108 Å². The molecule has 1 aromatic carbocycles. The zero-order chi connectivity index (χ0) is 12.8. The van der Waals surface area contributed by atoms with E-state index in [4.69, 9.17) is 14.2 Å². The number of nitrogens with one attached hydrogen (secondary N) is 1. The maximum Gasteiger partial charge on any atom is 0.161 e. The highest BCUT2D eigenvalue weighted by Gasteiger charge is 2.13. The van der Waals surface area contributed by atoms with Crippen LogP contribution in [0.15, 0.2) is 18.2 Å². The molecule has 1 atom stereocenters. The van der Waals surface area contributed by atoms with E-state index in [0.717, 1.165) is 36.6 Å². The van der Waals surface area contributed by atoms with E-state index in [9.17, 15) is 0 Å². The third-order valence-electron chi connectivity index (χ3n) is 3.19. The molecule has 1 aliphatic rings. The van der Waals surface area contributed by atoms with Gasteiger partial charge in [-0.25, -0.2) is 0 Å². The molecule has 2 rings (SSSR count). The third kappa shape index (κ3) is 3.37. The van der Waals surface area contributed by atoms with Gasteiger partial charge in [-0.2, -0.15) is 0 Å². The molecular weight excluding hydrogens is 230 g/mol. The van der Waals surface area contributed by atoms with Gasteiger partial charge in [0.25, 0.3) is 0 Å². The van der Waals surface area contributed by atoms with Gasteiger partial charge in [-0.15, -0.1) is 0 Å². The highest BCUT2D eigenvalue weighted by Crippen LogP contribution is 2.28. The van der Waals surface area contributed by atoms with Crippen LogP contribution in [-0.2, 0) is 11.3 Å². The Kier molecular flexibility index (Phi) is 4.84. The number of benzene rings is 1. The van der Waals surface area contributed by atoms with Crippen molar-refractivity contribution in [1.29, 1.82) is 0 Å². The summed E-state index contributed by atoms with van der Waals surface area (Å²) in [5.41, 5.74) is 1.11. The summed E-state index contributed by atoms with van der Waals surface area (Å²) in [6.07, 6.45) is 2.66. The lowest BCUT2D eigenvalue weighted by Crippen LogP contribution is -2.35. The van der Waals surface area contributed by atoms with Gasteiger partial charge in [-0.05, 0) is 37.1 Å². The summed E-state index contributed by atoms with van der Waals surface area (Å²) >= 11 is 0. The van der Waals surface area contributed by atoms with Gasteiger partial charge in [0.05, 0.1) is 26.9 Å². The Morgan fingerprint density at radius 1 is 1.22 bits per heavy atom. The molecule has 4 heteroatoms. The van der Waals surface area contributed by atoms with Crippen LogP contribution in [0.3, 0.4) is 0 Å². The SMILES string of the molecule is COc1ccc(COC2CCCNC2)cc1OC. The van der Waals surface area contributed by atoms with Crippen LogP contribution in [0.2, 0.25) is 0 Å². The van der Waals surface area contributed by atoms with E-state index < -0.39 is 0 Å². The standard InChI is InChI=1S/C14H21NO3/c1-16-13-6-5-11(8-14(13)17-2)10-18-12-4-3-7-15-9-12/h5-6,8,12,15H,3-4,7,9-10H2,1-2H3. The minimum absolute atomic E-state index is 0.326. The third-order valence-corrected chi connectivity index (χ3v) is 3.19. The Bertz CT molecular complexity index is 375. The number of hydrogen-bond acceptors (Lipinski definition) is 4. The number of ether oxygens (including phenoxy) is 3. The molecule has 0 bridgehead atoms. The zero-order valence-corrected chi connectivity index (χ0v) is 11.1. The topological polar surface area (TPSA) is 39.7 Å². The van der Waals surface area contributed by atoms with Crippen LogP contribution in [0.1, 0.15) is 18.4 Å². The molecule has 0 spiro atoms. The fourth-order valence-electron chi connectivity index (χ4n) is 2.15. The Balaban J connectivity index is 1.92. The van der Waals surface area contributed by atoms with Crippen molar-refractivity contribution in [1.82, 2.24) is 5.32 Å². The summed E-state index contributed by atoms with van der Waals surface area (Å²) in [5.74, 6) is 1.50. The average molecular weight is 251 g/mol. The molecular formula is C14H21NO3. The van der Waals surface area contributed by atoms with E-state index in [0.29, 0.717) is 12.7 Å². The Hall–Kier alpha value is -1.26. The van der Waals surface area contributed by atoms with Gasteiger partial charge in [-0.3, -0.25) is 0 Å². The molecule has 1 saturated heterocycles. The van der Waals surface area contributed by atoms with E-state index in [-0.39, 0.29) is 0 Å². The minimum Gasteiger partial charge on any atom is -0.493 e. The van der Waals surface area contributed by atoms with E-state index in [1.807, 2.05) is 18.2 Å². The van der Waals surface area contributed by atoms with Crippen LogP contribution in [-0.4, -0.2) is 33.4 Å². The van der Waals surface area contributed by atoms with Gasteiger partial charge < -0.3 is 19.5 Å². The molecule has 100 valence electrons. The highest BCUT2D eigenvalue weighted by molar-refractivity contribution is 5.42. The van der Waals surface area contributed by atoms with Crippen LogP contribution < -0.4 is 14.8 Å². The normalized spacial score (nSPS) is 19.6. The summed E-state index contributed by atoms with van der Waals surface area (Å²) in [7, 11) is 3.29. The highest BCUT2D eigenvalue weighted by atomic mass is 16.5. The number of hydrogen-bond donors (Lipinski definition) is 1. The van der Waals surface area contributed by atoms with Crippen LogP contribution in [0.4, 0.5) is 0 Å². The first-order valence-electron chi connectivity index (χ1n) is 6.36. The summed E-state index contributed by atoms with van der Waals surface area (Å²) in [6, 6.07) is 5.89. The molecule has 18 heavy (non-hydrogen) atoms. The summed E-state index contributed by atoms with van der Waals surface area (Å²) in [6.45, 7) is 2.68. The largest absolute Gasteiger partial charge is 0.493 e. The molecule has 4 nitrogen and oxygen atoms in total. The summed E-state index contributed by atoms with van der Waals surface area (Å²) < 4.78 is 16.4. The fraction of sp³-hybridized carbons (Fsp3) is 0.571. The van der Waals surface area contributed by atoms with Gasteiger partial charge in [0.2, 0.25) is 0 Å². The monoisotopic (exact) mass is 251 g/mol. The van der Waals surface area contributed by atoms with Crippen molar-refractivity contribution in [3.63, 3.8) is 0 Å². The Morgan fingerprint density at radius 2 is 2.06 bits per heavy atom. The van der Waals surface area contributed by atoms with Crippen molar-refractivity contribution < 1.29 is 14.2 Å². The van der Waals surface area contributed by atoms with E-state index >= 15 is 0 Å². The molecule has 0 radical (unpaired) electrons. The van der Waals surface area contributed by atoms with Gasteiger partial charge in [0.1, 0.15) is 0 Å². The van der Waals surface area contributed by atoms with Crippen molar-refractivity contribution in [2.45, 2.75) is 25.6 Å². The molecule has 1 aromatic rings. The second-order valence-corrected chi connectivity index (χ2v) is 4.47. The number of rotatable bonds is 5. The van der Waals surface area contributed by atoms with Gasteiger partial charge in [-0.1, -0.05) is 6.07 Å². The lowest BCUT2D eigenvalue weighted by molar-refractivity contribution is 0.0252. The molecule has 0 aliphatic carbocycles. The predicted octanol–water partition coefficient (Wildman–Crippen LogP) is 1.97. The molecule has 1 unspecified atom stereocenters. The predicted molar refractivity (Wildman–Crippen MR) is 70.2 cm³/mol. The zero-order valence-electron chi connectivity index (χ0n) is 11.1. The average Bonchev–Trinajstić information content (AvgIpc) is 2.45. The minimum atomic E-state index is 0.326. The molecule has 1 fully saturated rings. The van der Waals surface area contributed by atoms with Gasteiger partial charge >= 0.3 is 0 Å². The second-order valence-electron chi connectivity index (χ2n) is 4.47. The van der Waals surface area contributed by atoms with Crippen molar-refractivity contribution >= 4 is 0 Å². The van der Waals surface area contributed by atoms with Crippen LogP contribution in [0.5, 0.6) is 11.5 Å². The lowest BCUT2D eigenvalue weighted by Gasteiger charge is -2.23. The fourth-order valence-corrected chi connectivity index (χ4v) is 2.15. The maximum atomic E-state index is 5.88. The van der Waals surface area contributed by atoms with Crippen LogP contribution in [0.25, 0.3) is 0 Å². The van der Waals surface area contributed by atoms with E-state index in [1.165, 1.54) is 6.42 Å². The first-order valence-corrected chi connectivity index (χ1v) is 6.36. The molecule has 0 aromatic heterocycles.